The van der Waals surface area contributed by atoms with Gasteiger partial charge in [-0.05, 0) is 37.3 Å². The predicted molar refractivity (Wildman–Crippen MR) is 143 cm³/mol. The molecule has 202 valence electrons. The Bertz CT molecular complexity index is 1270. The Labute approximate surface area is 226 Å². The number of rotatable bonds is 10. The third-order valence-electron chi connectivity index (χ3n) is 6.98. The van der Waals surface area contributed by atoms with Crippen molar-refractivity contribution >= 4 is 29.4 Å². The first-order valence-electron chi connectivity index (χ1n) is 12.9. The summed E-state index contributed by atoms with van der Waals surface area (Å²) in [4.78, 5) is 44.6. The quantitative estimate of drug-likeness (QED) is 0.376. The van der Waals surface area contributed by atoms with Gasteiger partial charge in [-0.2, -0.15) is 0 Å². The summed E-state index contributed by atoms with van der Waals surface area (Å²) >= 11 is 1.59. The average molecular weight is 539 g/mol. The molecular formula is C28H34N4O5S. The van der Waals surface area contributed by atoms with Crippen LogP contribution in [0.2, 0.25) is 0 Å². The first kappa shape index (κ1) is 27.7. The van der Waals surface area contributed by atoms with Gasteiger partial charge in [0.15, 0.2) is 0 Å². The summed E-state index contributed by atoms with van der Waals surface area (Å²) in [5.74, 6) is -0.983. The molecule has 3 aromatic rings. The van der Waals surface area contributed by atoms with Crippen molar-refractivity contribution in [3.63, 3.8) is 0 Å². The van der Waals surface area contributed by atoms with E-state index in [1.807, 2.05) is 57.5 Å². The number of benzene rings is 1. The van der Waals surface area contributed by atoms with E-state index in [1.165, 1.54) is 4.90 Å². The maximum atomic E-state index is 13.7. The molecule has 2 N–H and O–H groups in total. The SMILES string of the molecule is Cc1ncsc1-c1ccc([C@H](C)NC(=O)[C@@H]2C[C@@H](O)CN2C(=O)C(c2cc(CCC=O)no2)C(C)C)cc1. The summed E-state index contributed by atoms with van der Waals surface area (Å²) in [7, 11) is 0. The molecule has 0 saturated carbocycles. The van der Waals surface area contributed by atoms with Gasteiger partial charge >= 0.3 is 0 Å². The molecule has 3 heterocycles. The fraction of sp³-hybridized carbons (Fsp3) is 0.464. The van der Waals surface area contributed by atoms with Crippen molar-refractivity contribution in [2.24, 2.45) is 5.92 Å². The molecule has 2 amide bonds. The summed E-state index contributed by atoms with van der Waals surface area (Å²) < 4.78 is 5.47. The number of likely N-dealkylation sites (tertiary alicyclic amines) is 1. The third-order valence-corrected chi connectivity index (χ3v) is 7.95. The number of carbonyl (C=O) groups is 3. The minimum Gasteiger partial charge on any atom is -0.391 e. The largest absolute Gasteiger partial charge is 0.391 e. The highest BCUT2D eigenvalue weighted by Crippen LogP contribution is 2.32. The second kappa shape index (κ2) is 12.0. The van der Waals surface area contributed by atoms with E-state index >= 15 is 0 Å². The lowest BCUT2D eigenvalue weighted by Gasteiger charge is -2.29. The Morgan fingerprint density at radius 2 is 2.00 bits per heavy atom. The number of aromatic nitrogens is 2. The Morgan fingerprint density at radius 1 is 1.26 bits per heavy atom. The van der Waals surface area contributed by atoms with Crippen LogP contribution in [0.4, 0.5) is 0 Å². The van der Waals surface area contributed by atoms with E-state index in [0.717, 1.165) is 28.0 Å². The van der Waals surface area contributed by atoms with Gasteiger partial charge in [-0.15, -0.1) is 11.3 Å². The number of hydrogen-bond acceptors (Lipinski definition) is 8. The molecule has 0 spiro atoms. The van der Waals surface area contributed by atoms with Gasteiger partial charge in [0.05, 0.1) is 33.9 Å². The summed E-state index contributed by atoms with van der Waals surface area (Å²) in [6, 6.07) is 8.61. The smallest absolute Gasteiger partial charge is 0.243 e. The van der Waals surface area contributed by atoms with Gasteiger partial charge in [0.1, 0.15) is 24.0 Å². The molecule has 1 fully saturated rings. The van der Waals surface area contributed by atoms with E-state index in [-0.39, 0.29) is 36.7 Å². The number of thiazole rings is 1. The summed E-state index contributed by atoms with van der Waals surface area (Å²) in [6.07, 6.45) is 0.935. The van der Waals surface area contributed by atoms with Crippen molar-refractivity contribution in [3.8, 4) is 10.4 Å². The van der Waals surface area contributed by atoms with Crippen molar-refractivity contribution < 1.29 is 24.0 Å². The van der Waals surface area contributed by atoms with Crippen molar-refractivity contribution in [1.82, 2.24) is 20.4 Å². The molecule has 10 heteroatoms. The first-order chi connectivity index (χ1) is 18.2. The highest BCUT2D eigenvalue weighted by molar-refractivity contribution is 7.13. The second-order valence-electron chi connectivity index (χ2n) is 10.2. The molecule has 38 heavy (non-hydrogen) atoms. The molecule has 0 bridgehead atoms. The van der Waals surface area contributed by atoms with Gasteiger partial charge in [0.2, 0.25) is 11.8 Å². The summed E-state index contributed by atoms with van der Waals surface area (Å²) in [5.41, 5.74) is 5.42. The number of aryl methyl sites for hydroxylation is 2. The lowest BCUT2D eigenvalue weighted by molar-refractivity contribution is -0.141. The van der Waals surface area contributed by atoms with E-state index in [1.54, 1.807) is 17.4 Å². The monoisotopic (exact) mass is 538 g/mol. The zero-order valence-electron chi connectivity index (χ0n) is 22.1. The Kier molecular flexibility index (Phi) is 8.73. The number of nitrogens with one attached hydrogen (secondary N) is 1. The van der Waals surface area contributed by atoms with Crippen molar-refractivity contribution in [3.05, 3.63) is 58.6 Å². The van der Waals surface area contributed by atoms with Crippen LogP contribution >= 0.6 is 11.3 Å². The van der Waals surface area contributed by atoms with E-state index in [0.29, 0.717) is 24.3 Å². The van der Waals surface area contributed by atoms with Crippen LogP contribution in [0.3, 0.4) is 0 Å². The summed E-state index contributed by atoms with van der Waals surface area (Å²) in [6.45, 7) is 7.75. The maximum Gasteiger partial charge on any atom is 0.243 e. The van der Waals surface area contributed by atoms with E-state index in [2.05, 4.69) is 15.5 Å². The molecule has 2 aromatic heterocycles. The van der Waals surface area contributed by atoms with Gasteiger partial charge in [-0.1, -0.05) is 43.3 Å². The van der Waals surface area contributed by atoms with E-state index < -0.39 is 18.1 Å². The topological polar surface area (TPSA) is 126 Å². The van der Waals surface area contributed by atoms with Crippen LogP contribution in [0.25, 0.3) is 10.4 Å². The van der Waals surface area contributed by atoms with Gasteiger partial charge in [0, 0.05) is 25.5 Å². The first-order valence-corrected chi connectivity index (χ1v) is 13.8. The minimum atomic E-state index is -0.794. The van der Waals surface area contributed by atoms with Crippen LogP contribution in [-0.2, 0) is 20.8 Å². The van der Waals surface area contributed by atoms with Crippen molar-refractivity contribution in [2.75, 3.05) is 6.54 Å². The highest BCUT2D eigenvalue weighted by Gasteiger charge is 2.43. The molecule has 1 aromatic carbocycles. The molecule has 0 aliphatic carbocycles. The number of aliphatic hydroxyl groups excluding tert-OH is 1. The molecule has 4 atom stereocenters. The highest BCUT2D eigenvalue weighted by atomic mass is 32.1. The Hall–Kier alpha value is -3.37. The zero-order chi connectivity index (χ0) is 27.4. The zero-order valence-corrected chi connectivity index (χ0v) is 22.9. The lowest BCUT2D eigenvalue weighted by Crippen LogP contribution is -2.48. The second-order valence-corrected chi connectivity index (χ2v) is 11.0. The third kappa shape index (κ3) is 6.02. The molecule has 4 rings (SSSR count). The van der Waals surface area contributed by atoms with Gasteiger partial charge in [-0.25, -0.2) is 4.98 Å². The molecule has 1 saturated heterocycles. The standard InChI is InChI=1S/C28H34N4O5S/c1-16(2)25(24-12-21(31-37-24)6-5-11-33)28(36)32-14-22(34)13-23(32)27(35)30-17(3)19-7-9-20(10-8-19)26-18(4)29-15-38-26/h7-12,15-17,22-23,25,34H,5-6,13-14H2,1-4H3,(H,30,35)/t17-,22+,23-,25?/m0/s1. The molecule has 1 aliphatic heterocycles. The van der Waals surface area contributed by atoms with Gasteiger partial charge in [-0.3, -0.25) is 9.59 Å². The minimum absolute atomic E-state index is 0.0730. The van der Waals surface area contributed by atoms with Gasteiger partial charge in [0.25, 0.3) is 0 Å². The Balaban J connectivity index is 1.46. The molecule has 0 radical (unpaired) electrons. The molecular weight excluding hydrogens is 504 g/mol. The van der Waals surface area contributed by atoms with E-state index in [9.17, 15) is 19.5 Å². The van der Waals surface area contributed by atoms with Crippen molar-refractivity contribution in [1.29, 1.82) is 0 Å². The van der Waals surface area contributed by atoms with Crippen LogP contribution in [0, 0.1) is 12.8 Å². The van der Waals surface area contributed by atoms with E-state index in [4.69, 9.17) is 4.52 Å². The van der Waals surface area contributed by atoms with Crippen LogP contribution < -0.4 is 5.32 Å². The van der Waals surface area contributed by atoms with Gasteiger partial charge < -0.3 is 24.6 Å². The summed E-state index contributed by atoms with van der Waals surface area (Å²) in [5, 5.41) is 17.4. The maximum absolute atomic E-state index is 13.7. The van der Waals surface area contributed by atoms with Crippen LogP contribution in [0.15, 0.2) is 40.4 Å². The predicted octanol–water partition coefficient (Wildman–Crippen LogP) is 3.82. The number of nitrogens with zero attached hydrogens (tertiary/aromatic N) is 3. The number of hydrogen-bond donors (Lipinski definition) is 2. The fourth-order valence-electron chi connectivity index (χ4n) is 4.91. The van der Waals surface area contributed by atoms with Crippen LogP contribution in [0.1, 0.15) is 68.3 Å². The number of aldehydes is 1. The van der Waals surface area contributed by atoms with Crippen LogP contribution in [0.5, 0.6) is 0 Å². The lowest BCUT2D eigenvalue weighted by atomic mass is 9.91. The average Bonchev–Trinajstić information content (AvgIpc) is 3.62. The fourth-order valence-corrected chi connectivity index (χ4v) is 5.73. The number of aliphatic hydroxyl groups is 1. The Morgan fingerprint density at radius 3 is 2.63 bits per heavy atom. The molecule has 9 nitrogen and oxygen atoms in total. The normalized spacial score (nSPS) is 18.9. The van der Waals surface area contributed by atoms with Crippen molar-refractivity contribution in [2.45, 2.75) is 71.1 Å². The number of carbonyl (C=O) groups excluding carboxylic acids is 3. The molecule has 1 unspecified atom stereocenters. The number of amides is 2. The molecule has 1 aliphatic rings. The number of β-amino-alcohol motifs (C(OH)–C–C–N with tert-alkyl or cyclic N) is 1. The van der Waals surface area contributed by atoms with Crippen LogP contribution in [-0.4, -0.2) is 56.9 Å².